The molecule has 3 aliphatic rings. The number of methoxy groups -OCH3 is 1. The lowest BCUT2D eigenvalue weighted by atomic mass is 9.88. The van der Waals surface area contributed by atoms with E-state index in [2.05, 4.69) is 37.4 Å². The molecule has 0 aromatic carbocycles. The fourth-order valence-corrected chi connectivity index (χ4v) is 4.85. The summed E-state index contributed by atoms with van der Waals surface area (Å²) in [5, 5.41) is 12.3. The molecule has 3 rings (SSSR count). The molecule has 0 radical (unpaired) electrons. The number of amides is 1. The first kappa shape index (κ1) is 27.6. The fourth-order valence-electron chi connectivity index (χ4n) is 4.85. The Morgan fingerprint density at radius 3 is 2.63 bits per heavy atom. The molecule has 0 aliphatic carbocycles. The van der Waals surface area contributed by atoms with Gasteiger partial charge in [-0.2, -0.15) is 0 Å². The van der Waals surface area contributed by atoms with E-state index in [9.17, 15) is 14.7 Å². The van der Waals surface area contributed by atoms with Crippen molar-refractivity contribution in [3.05, 3.63) is 36.0 Å². The number of aliphatic hydroxyl groups excluding tert-OH is 1. The van der Waals surface area contributed by atoms with E-state index in [0.29, 0.717) is 0 Å². The van der Waals surface area contributed by atoms with Crippen molar-refractivity contribution in [1.29, 1.82) is 0 Å². The molecule has 3 aliphatic heterocycles. The largest absolute Gasteiger partial charge is 0.469 e. The molecule has 1 unspecified atom stereocenters. The van der Waals surface area contributed by atoms with E-state index in [4.69, 9.17) is 18.9 Å². The highest BCUT2D eigenvalue weighted by Crippen LogP contribution is 2.43. The Hall–Kier alpha value is -2.00. The quantitative estimate of drug-likeness (QED) is 0.221. The Morgan fingerprint density at radius 2 is 1.97 bits per heavy atom. The topological polar surface area (TPSA) is 107 Å². The van der Waals surface area contributed by atoms with Gasteiger partial charge in [-0.15, -0.1) is 0 Å². The van der Waals surface area contributed by atoms with E-state index in [1.165, 1.54) is 19.3 Å². The second-order valence-electron chi connectivity index (χ2n) is 10.3. The fraction of sp³-hybridized carbons (Fsp3) is 0.704. The standard InChI is InChI=1S/C27H41NO7/c1-17(6-9-21-14-27(16-33-27)15-22(35-21)13-26(31)32-5)7-10-24-18(2)12-23(20(4)34-24)28-25(30)11-8-19(3)29/h6-9,11,18-24,29H,10,12-16H2,1-5H3,(H,28,30)/b9-6+,11-8-,17-7+/t18-,19-,20+,21+,22?,23+,24-,27+/m0/s1. The summed E-state index contributed by atoms with van der Waals surface area (Å²) in [5.41, 5.74) is 0.972. The zero-order chi connectivity index (χ0) is 25.6. The van der Waals surface area contributed by atoms with Crippen LogP contribution in [0.2, 0.25) is 0 Å². The minimum Gasteiger partial charge on any atom is -0.469 e. The monoisotopic (exact) mass is 491 g/mol. The van der Waals surface area contributed by atoms with Gasteiger partial charge < -0.3 is 29.4 Å². The molecular formula is C27H41NO7. The first-order valence-electron chi connectivity index (χ1n) is 12.6. The highest BCUT2D eigenvalue weighted by atomic mass is 16.6. The molecule has 3 saturated heterocycles. The minimum absolute atomic E-state index is 0.0595. The van der Waals surface area contributed by atoms with Crippen molar-refractivity contribution in [2.45, 2.75) is 102 Å². The average molecular weight is 492 g/mol. The Morgan fingerprint density at radius 1 is 1.23 bits per heavy atom. The van der Waals surface area contributed by atoms with E-state index >= 15 is 0 Å². The second kappa shape index (κ2) is 12.3. The van der Waals surface area contributed by atoms with Gasteiger partial charge in [0.05, 0.1) is 62.3 Å². The summed E-state index contributed by atoms with van der Waals surface area (Å²) in [6, 6.07) is -0.0595. The van der Waals surface area contributed by atoms with Crippen LogP contribution in [0.4, 0.5) is 0 Å². The molecule has 0 saturated carbocycles. The molecule has 35 heavy (non-hydrogen) atoms. The lowest BCUT2D eigenvalue weighted by Crippen LogP contribution is -2.50. The zero-order valence-electron chi connectivity index (χ0n) is 21.6. The number of carbonyl (C=O) groups is 2. The van der Waals surface area contributed by atoms with Crippen molar-refractivity contribution in [1.82, 2.24) is 5.32 Å². The summed E-state index contributed by atoms with van der Waals surface area (Å²) in [5.74, 6) is -0.187. The normalized spacial score (nSPS) is 36.5. The van der Waals surface area contributed by atoms with Gasteiger partial charge in [-0.3, -0.25) is 9.59 Å². The molecular weight excluding hydrogens is 450 g/mol. The third-order valence-corrected chi connectivity index (χ3v) is 7.03. The maximum Gasteiger partial charge on any atom is 0.308 e. The smallest absolute Gasteiger partial charge is 0.308 e. The Kier molecular flexibility index (Phi) is 9.69. The van der Waals surface area contributed by atoms with Gasteiger partial charge in [0.15, 0.2) is 0 Å². The summed E-state index contributed by atoms with van der Waals surface area (Å²) in [6.45, 7) is 8.52. The number of hydrogen-bond acceptors (Lipinski definition) is 7. The van der Waals surface area contributed by atoms with Gasteiger partial charge in [-0.1, -0.05) is 36.8 Å². The molecule has 1 spiro atoms. The van der Waals surface area contributed by atoms with Crippen molar-refractivity contribution < 1.29 is 33.6 Å². The highest BCUT2D eigenvalue weighted by Gasteiger charge is 2.51. The van der Waals surface area contributed by atoms with Crippen LogP contribution in [-0.2, 0) is 28.5 Å². The lowest BCUT2D eigenvalue weighted by Gasteiger charge is -2.39. The molecule has 3 fully saturated rings. The van der Waals surface area contributed by atoms with Gasteiger partial charge in [0.2, 0.25) is 5.91 Å². The van der Waals surface area contributed by atoms with Gasteiger partial charge in [-0.25, -0.2) is 0 Å². The molecule has 8 heteroatoms. The summed E-state index contributed by atoms with van der Waals surface area (Å²) in [6.07, 6.45) is 11.6. The van der Waals surface area contributed by atoms with Gasteiger partial charge in [0.25, 0.3) is 0 Å². The maximum absolute atomic E-state index is 12.1. The second-order valence-corrected chi connectivity index (χ2v) is 10.3. The first-order chi connectivity index (χ1) is 16.6. The summed E-state index contributed by atoms with van der Waals surface area (Å²) < 4.78 is 22.8. The number of epoxide rings is 1. The Bertz CT molecular complexity index is 829. The summed E-state index contributed by atoms with van der Waals surface area (Å²) in [7, 11) is 1.39. The SMILES string of the molecule is COC(=O)CC1C[C@@]2(CO2)C[C@@H](/C=C/C(C)=C/C[C@@H]2O[C@H](C)[C@H](NC(=O)/C=C\[C@H](C)O)C[C@@H]2C)O1. The Labute approximate surface area is 208 Å². The molecule has 0 bridgehead atoms. The van der Waals surface area contributed by atoms with Crippen LogP contribution in [0.3, 0.4) is 0 Å². The van der Waals surface area contributed by atoms with Crippen molar-refractivity contribution in [2.75, 3.05) is 13.7 Å². The average Bonchev–Trinajstić information content (AvgIpc) is 3.54. The summed E-state index contributed by atoms with van der Waals surface area (Å²) in [4.78, 5) is 23.8. The number of aliphatic hydroxyl groups is 1. The number of carbonyl (C=O) groups excluding carboxylic acids is 2. The minimum atomic E-state index is -0.651. The van der Waals surface area contributed by atoms with Gasteiger partial charge >= 0.3 is 5.97 Å². The number of esters is 1. The van der Waals surface area contributed by atoms with Crippen molar-refractivity contribution in [2.24, 2.45) is 5.92 Å². The Balaban J connectivity index is 1.49. The maximum atomic E-state index is 12.1. The van der Waals surface area contributed by atoms with Crippen LogP contribution < -0.4 is 5.32 Å². The van der Waals surface area contributed by atoms with Crippen LogP contribution in [-0.4, -0.2) is 72.9 Å². The molecule has 8 nitrogen and oxygen atoms in total. The zero-order valence-corrected chi connectivity index (χ0v) is 21.6. The highest BCUT2D eigenvalue weighted by molar-refractivity contribution is 5.87. The number of rotatable bonds is 9. The number of allylic oxidation sites excluding steroid dienone is 2. The van der Waals surface area contributed by atoms with E-state index in [-0.39, 0.29) is 60.3 Å². The van der Waals surface area contributed by atoms with Crippen molar-refractivity contribution >= 4 is 11.9 Å². The van der Waals surface area contributed by atoms with Crippen molar-refractivity contribution in [3.63, 3.8) is 0 Å². The van der Waals surface area contributed by atoms with E-state index in [1.54, 1.807) is 6.92 Å². The van der Waals surface area contributed by atoms with E-state index < -0.39 is 6.10 Å². The molecule has 1 amide bonds. The van der Waals surface area contributed by atoms with Crippen LogP contribution in [0.1, 0.15) is 59.8 Å². The molecule has 3 heterocycles. The van der Waals surface area contributed by atoms with Gasteiger partial charge in [0.1, 0.15) is 0 Å². The third kappa shape index (κ3) is 8.56. The lowest BCUT2D eigenvalue weighted by molar-refractivity contribution is -0.147. The van der Waals surface area contributed by atoms with Crippen molar-refractivity contribution in [3.8, 4) is 0 Å². The van der Waals surface area contributed by atoms with Crippen LogP contribution in [0.15, 0.2) is 36.0 Å². The van der Waals surface area contributed by atoms with Crippen LogP contribution >= 0.6 is 0 Å². The number of hydrogen-bond donors (Lipinski definition) is 2. The summed E-state index contributed by atoms with van der Waals surface area (Å²) >= 11 is 0. The molecule has 0 aromatic heterocycles. The van der Waals surface area contributed by atoms with Gasteiger partial charge in [0, 0.05) is 18.9 Å². The predicted octanol–water partition coefficient (Wildman–Crippen LogP) is 2.99. The van der Waals surface area contributed by atoms with Crippen LogP contribution in [0.25, 0.3) is 0 Å². The van der Waals surface area contributed by atoms with Gasteiger partial charge in [-0.05, 0) is 39.5 Å². The van der Waals surface area contributed by atoms with E-state index in [1.807, 2.05) is 6.92 Å². The first-order valence-corrected chi connectivity index (χ1v) is 12.6. The van der Waals surface area contributed by atoms with Crippen LogP contribution in [0, 0.1) is 5.92 Å². The van der Waals surface area contributed by atoms with Crippen LogP contribution in [0.5, 0.6) is 0 Å². The number of ether oxygens (including phenoxy) is 4. The van der Waals surface area contributed by atoms with E-state index in [0.717, 1.165) is 37.9 Å². The predicted molar refractivity (Wildman–Crippen MR) is 132 cm³/mol. The molecule has 196 valence electrons. The number of nitrogens with one attached hydrogen (secondary N) is 1. The third-order valence-electron chi connectivity index (χ3n) is 7.03. The molecule has 2 N–H and O–H groups in total. The molecule has 0 aromatic rings. The molecule has 8 atom stereocenters.